The van der Waals surface area contributed by atoms with E-state index in [0.717, 1.165) is 49.3 Å². The predicted octanol–water partition coefficient (Wildman–Crippen LogP) is 2.89. The van der Waals surface area contributed by atoms with Crippen LogP contribution in [0.5, 0.6) is 5.75 Å². The summed E-state index contributed by atoms with van der Waals surface area (Å²) in [6.07, 6.45) is 3.51. The number of aryl methyl sites for hydroxylation is 1. The van der Waals surface area contributed by atoms with Crippen LogP contribution < -0.4 is 15.4 Å². The van der Waals surface area contributed by atoms with Crippen molar-refractivity contribution >= 4 is 5.96 Å². The van der Waals surface area contributed by atoms with Crippen molar-refractivity contribution in [1.29, 1.82) is 0 Å². The highest BCUT2D eigenvalue weighted by Gasteiger charge is 2.22. The number of nitrogens with one attached hydrogen (secondary N) is 2. The highest BCUT2D eigenvalue weighted by atomic mass is 16.5. The number of nitrogens with zero attached hydrogens (tertiary/aromatic N) is 1. The summed E-state index contributed by atoms with van der Waals surface area (Å²) in [7, 11) is 1.68. The summed E-state index contributed by atoms with van der Waals surface area (Å²) in [4.78, 5) is 4.72. The first kappa shape index (κ1) is 21.5. The zero-order valence-electron chi connectivity index (χ0n) is 17.1. The van der Waals surface area contributed by atoms with Crippen LogP contribution in [0.25, 0.3) is 0 Å². The van der Waals surface area contributed by atoms with Crippen LogP contribution >= 0.6 is 0 Å². The van der Waals surface area contributed by atoms with Crippen molar-refractivity contribution in [2.75, 3.05) is 46.6 Å². The summed E-state index contributed by atoms with van der Waals surface area (Å²) in [6.45, 7) is 9.22. The van der Waals surface area contributed by atoms with Crippen molar-refractivity contribution < 1.29 is 14.2 Å². The molecule has 1 fully saturated rings. The van der Waals surface area contributed by atoms with Gasteiger partial charge in [-0.25, -0.2) is 4.99 Å². The lowest BCUT2D eigenvalue weighted by Crippen LogP contribution is -2.38. The summed E-state index contributed by atoms with van der Waals surface area (Å²) < 4.78 is 16.5. The van der Waals surface area contributed by atoms with Gasteiger partial charge in [-0.15, -0.1) is 0 Å². The minimum absolute atomic E-state index is 0.597. The third-order valence-electron chi connectivity index (χ3n) is 4.34. The molecule has 1 aliphatic carbocycles. The molecule has 0 heterocycles. The summed E-state index contributed by atoms with van der Waals surface area (Å²) >= 11 is 0. The van der Waals surface area contributed by atoms with Gasteiger partial charge in [-0.1, -0.05) is 12.1 Å². The Labute approximate surface area is 163 Å². The minimum atomic E-state index is 0.597. The molecule has 0 unspecified atom stereocenters. The number of ether oxygens (including phenoxy) is 3. The summed E-state index contributed by atoms with van der Waals surface area (Å²) in [5.41, 5.74) is 2.34. The average molecular weight is 378 g/mol. The van der Waals surface area contributed by atoms with Gasteiger partial charge in [-0.05, 0) is 50.7 Å². The normalized spacial score (nSPS) is 14.3. The molecule has 0 atom stereocenters. The van der Waals surface area contributed by atoms with Crippen LogP contribution in [0, 0.1) is 12.8 Å². The van der Waals surface area contributed by atoms with Crippen molar-refractivity contribution in [3.8, 4) is 5.75 Å². The summed E-state index contributed by atoms with van der Waals surface area (Å²) in [6, 6.07) is 6.35. The van der Waals surface area contributed by atoms with Gasteiger partial charge >= 0.3 is 0 Å². The molecule has 0 aromatic heterocycles. The van der Waals surface area contributed by atoms with Crippen molar-refractivity contribution in [3.63, 3.8) is 0 Å². The van der Waals surface area contributed by atoms with Crippen LogP contribution in [-0.2, 0) is 16.0 Å². The van der Waals surface area contributed by atoms with E-state index in [1.807, 2.05) is 0 Å². The third-order valence-corrected chi connectivity index (χ3v) is 4.34. The number of aliphatic imine (C=N–C) groups is 1. The lowest BCUT2D eigenvalue weighted by Gasteiger charge is -2.13. The molecular weight excluding hydrogens is 342 g/mol. The van der Waals surface area contributed by atoms with Crippen molar-refractivity contribution in [2.24, 2.45) is 10.9 Å². The van der Waals surface area contributed by atoms with Gasteiger partial charge in [-0.2, -0.15) is 0 Å². The summed E-state index contributed by atoms with van der Waals surface area (Å²) in [5, 5.41) is 6.65. The van der Waals surface area contributed by atoms with Gasteiger partial charge in [0.2, 0.25) is 0 Å². The first-order valence-electron chi connectivity index (χ1n) is 10.0. The van der Waals surface area contributed by atoms with Crippen LogP contribution in [0.2, 0.25) is 0 Å². The maximum absolute atomic E-state index is 6.04. The molecule has 2 rings (SSSR count). The fourth-order valence-electron chi connectivity index (χ4n) is 2.55. The molecule has 2 N–H and O–H groups in total. The highest BCUT2D eigenvalue weighted by molar-refractivity contribution is 5.79. The Kier molecular flexibility index (Phi) is 10.0. The van der Waals surface area contributed by atoms with E-state index in [9.17, 15) is 0 Å². The minimum Gasteiger partial charge on any atom is -0.493 e. The molecule has 0 aliphatic heterocycles. The van der Waals surface area contributed by atoms with Crippen molar-refractivity contribution in [3.05, 3.63) is 29.3 Å². The van der Waals surface area contributed by atoms with Crippen LogP contribution in [-0.4, -0.2) is 52.6 Å². The smallest absolute Gasteiger partial charge is 0.191 e. The van der Waals surface area contributed by atoms with E-state index < -0.39 is 0 Å². The molecule has 1 aliphatic rings. The Hall–Kier alpha value is -1.79. The Bertz CT molecular complexity index is 574. The summed E-state index contributed by atoms with van der Waals surface area (Å²) in [5.74, 6) is 2.53. The van der Waals surface area contributed by atoms with E-state index >= 15 is 0 Å². The first-order valence-corrected chi connectivity index (χ1v) is 10.0. The topological polar surface area (TPSA) is 64.1 Å². The third kappa shape index (κ3) is 9.11. The second-order valence-corrected chi connectivity index (χ2v) is 6.95. The lowest BCUT2D eigenvalue weighted by atomic mass is 10.1. The Balaban J connectivity index is 1.81. The van der Waals surface area contributed by atoms with Crippen LogP contribution in [0.1, 0.15) is 37.3 Å². The van der Waals surface area contributed by atoms with E-state index in [1.54, 1.807) is 7.11 Å². The molecule has 0 amide bonds. The lowest BCUT2D eigenvalue weighted by molar-refractivity contribution is 0.0698. The Morgan fingerprint density at radius 2 is 2.04 bits per heavy atom. The molecule has 6 nitrogen and oxygen atoms in total. The Morgan fingerprint density at radius 3 is 2.78 bits per heavy atom. The molecule has 0 spiro atoms. The number of benzene rings is 1. The van der Waals surface area contributed by atoms with E-state index in [4.69, 9.17) is 19.2 Å². The molecule has 0 saturated heterocycles. The van der Waals surface area contributed by atoms with E-state index in [-0.39, 0.29) is 0 Å². The van der Waals surface area contributed by atoms with Gasteiger partial charge in [-0.3, -0.25) is 0 Å². The molecule has 6 heteroatoms. The molecule has 0 bridgehead atoms. The van der Waals surface area contributed by atoms with Gasteiger partial charge in [0.05, 0.1) is 26.4 Å². The zero-order valence-corrected chi connectivity index (χ0v) is 17.1. The van der Waals surface area contributed by atoms with Gasteiger partial charge in [0, 0.05) is 32.4 Å². The van der Waals surface area contributed by atoms with E-state index in [1.165, 1.54) is 18.4 Å². The largest absolute Gasteiger partial charge is 0.493 e. The predicted molar refractivity (Wildman–Crippen MR) is 110 cm³/mol. The molecule has 152 valence electrons. The van der Waals surface area contributed by atoms with Gasteiger partial charge in [0.15, 0.2) is 5.96 Å². The number of guanidine groups is 1. The standard InChI is InChI=1S/C21H35N3O3/c1-4-22-21(23-10-5-11-26-13-12-25-3)24-15-19-9-6-17(2)14-20(19)27-16-18-7-8-18/h6,9,14,18H,4-5,7-8,10-13,15-16H2,1-3H3,(H2,22,23,24). The number of hydrogen-bond donors (Lipinski definition) is 2. The zero-order chi connectivity index (χ0) is 19.3. The van der Waals surface area contributed by atoms with Gasteiger partial charge in [0.25, 0.3) is 0 Å². The quantitative estimate of drug-likeness (QED) is 0.314. The maximum Gasteiger partial charge on any atom is 0.191 e. The number of rotatable bonds is 13. The molecule has 0 radical (unpaired) electrons. The fraction of sp³-hybridized carbons (Fsp3) is 0.667. The van der Waals surface area contributed by atoms with Crippen LogP contribution in [0.4, 0.5) is 0 Å². The highest BCUT2D eigenvalue weighted by Crippen LogP contribution is 2.30. The molecular formula is C21H35N3O3. The van der Waals surface area contributed by atoms with Gasteiger partial charge in [0.1, 0.15) is 5.75 Å². The molecule has 1 aromatic rings. The van der Waals surface area contributed by atoms with Crippen LogP contribution in [0.15, 0.2) is 23.2 Å². The maximum atomic E-state index is 6.04. The van der Waals surface area contributed by atoms with Crippen molar-refractivity contribution in [1.82, 2.24) is 10.6 Å². The molecule has 1 saturated carbocycles. The van der Waals surface area contributed by atoms with E-state index in [2.05, 4.69) is 42.7 Å². The second-order valence-electron chi connectivity index (χ2n) is 6.95. The number of hydrogen-bond acceptors (Lipinski definition) is 4. The SMILES string of the molecule is CCNC(=NCc1ccc(C)cc1OCC1CC1)NCCCOCCOC. The number of methoxy groups -OCH3 is 1. The monoisotopic (exact) mass is 377 g/mol. The molecule has 27 heavy (non-hydrogen) atoms. The second kappa shape index (κ2) is 12.6. The Morgan fingerprint density at radius 1 is 1.19 bits per heavy atom. The van der Waals surface area contributed by atoms with Gasteiger partial charge < -0.3 is 24.8 Å². The van der Waals surface area contributed by atoms with E-state index in [0.29, 0.717) is 26.4 Å². The fourth-order valence-corrected chi connectivity index (χ4v) is 2.55. The average Bonchev–Trinajstić information content (AvgIpc) is 3.49. The van der Waals surface area contributed by atoms with Crippen molar-refractivity contribution in [2.45, 2.75) is 39.7 Å². The first-order chi connectivity index (χ1) is 13.2. The van der Waals surface area contributed by atoms with Crippen LogP contribution in [0.3, 0.4) is 0 Å². The molecule has 1 aromatic carbocycles.